The third kappa shape index (κ3) is 6.83. The van der Waals surface area contributed by atoms with E-state index < -0.39 is 15.9 Å². The highest BCUT2D eigenvalue weighted by Gasteiger charge is 2.27. The third-order valence-electron chi connectivity index (χ3n) is 4.94. The SMILES string of the molecule is Cc1ccc(N(CC(=O)NCCSCc2c(Cl)cccc2Cl)S(=O)(=O)c2ccccc2)cc1Cl. The minimum absolute atomic E-state index is 0.0895. The smallest absolute Gasteiger partial charge is 0.264 e. The van der Waals surface area contributed by atoms with Crippen LogP contribution in [-0.2, 0) is 20.6 Å². The summed E-state index contributed by atoms with van der Waals surface area (Å²) in [5.41, 5.74) is 1.97. The van der Waals surface area contributed by atoms with Gasteiger partial charge in [-0.15, -0.1) is 0 Å². The van der Waals surface area contributed by atoms with Crippen LogP contribution < -0.4 is 9.62 Å². The number of aryl methyl sites for hydroxylation is 1. The van der Waals surface area contributed by atoms with E-state index >= 15 is 0 Å². The molecule has 3 rings (SSSR count). The number of hydrogen-bond acceptors (Lipinski definition) is 4. The molecule has 180 valence electrons. The van der Waals surface area contributed by atoms with E-state index in [0.717, 1.165) is 15.4 Å². The molecule has 3 aromatic carbocycles. The fourth-order valence-electron chi connectivity index (χ4n) is 3.07. The summed E-state index contributed by atoms with van der Waals surface area (Å²) in [5, 5.41) is 4.40. The molecule has 5 nitrogen and oxygen atoms in total. The van der Waals surface area contributed by atoms with Gasteiger partial charge in [-0.05, 0) is 54.4 Å². The van der Waals surface area contributed by atoms with E-state index in [2.05, 4.69) is 5.32 Å². The third-order valence-corrected chi connectivity index (χ3v) is 8.83. The topological polar surface area (TPSA) is 66.5 Å². The van der Waals surface area contributed by atoms with Crippen LogP contribution in [-0.4, -0.2) is 33.2 Å². The summed E-state index contributed by atoms with van der Waals surface area (Å²) in [6.45, 7) is 1.80. The van der Waals surface area contributed by atoms with Crippen molar-refractivity contribution in [1.29, 1.82) is 0 Å². The van der Waals surface area contributed by atoms with E-state index in [1.165, 1.54) is 12.1 Å². The number of halogens is 3. The van der Waals surface area contributed by atoms with Crippen molar-refractivity contribution in [3.05, 3.63) is 92.9 Å². The number of nitrogens with one attached hydrogen (secondary N) is 1. The Morgan fingerprint density at radius 1 is 0.941 bits per heavy atom. The Bertz CT molecular complexity index is 1240. The average molecular weight is 558 g/mol. The molecule has 1 N–H and O–H groups in total. The molecule has 0 saturated carbocycles. The zero-order chi connectivity index (χ0) is 24.7. The lowest BCUT2D eigenvalue weighted by Gasteiger charge is -2.24. The molecule has 0 unspecified atom stereocenters. The molecule has 0 bridgehead atoms. The van der Waals surface area contributed by atoms with Gasteiger partial charge >= 0.3 is 0 Å². The summed E-state index contributed by atoms with van der Waals surface area (Å²) < 4.78 is 27.7. The van der Waals surface area contributed by atoms with Gasteiger partial charge in [-0.1, -0.05) is 65.1 Å². The molecule has 3 aromatic rings. The lowest BCUT2D eigenvalue weighted by atomic mass is 10.2. The maximum atomic E-state index is 13.3. The molecule has 0 aromatic heterocycles. The van der Waals surface area contributed by atoms with E-state index in [1.807, 2.05) is 6.92 Å². The molecular formula is C24H23Cl3N2O3S2. The van der Waals surface area contributed by atoms with E-state index in [1.54, 1.807) is 66.4 Å². The standard InChI is InChI=1S/C24H23Cl3N2O3S2/c1-17-10-11-18(14-23(17)27)29(34(31,32)19-6-3-2-4-7-19)15-24(30)28-12-13-33-16-20-21(25)8-5-9-22(20)26/h2-11,14H,12-13,15-16H2,1H3,(H,28,30). The quantitative estimate of drug-likeness (QED) is 0.301. The molecule has 0 saturated heterocycles. The van der Waals surface area contributed by atoms with E-state index in [-0.39, 0.29) is 11.4 Å². The Balaban J connectivity index is 1.66. The predicted molar refractivity (Wildman–Crippen MR) is 143 cm³/mol. The molecule has 0 radical (unpaired) electrons. The number of rotatable bonds is 10. The molecule has 1 amide bonds. The molecule has 0 atom stereocenters. The van der Waals surface area contributed by atoms with Crippen LogP contribution in [0.3, 0.4) is 0 Å². The predicted octanol–water partition coefficient (Wildman–Crippen LogP) is 6.20. The van der Waals surface area contributed by atoms with Crippen molar-refractivity contribution in [2.24, 2.45) is 0 Å². The van der Waals surface area contributed by atoms with Crippen LogP contribution in [0.25, 0.3) is 0 Å². The second-order valence-corrected chi connectivity index (χ2v) is 11.6. The Morgan fingerprint density at radius 2 is 1.62 bits per heavy atom. The summed E-state index contributed by atoms with van der Waals surface area (Å²) in [4.78, 5) is 12.8. The molecule has 0 aliphatic carbocycles. The Labute approximate surface area is 219 Å². The largest absolute Gasteiger partial charge is 0.354 e. The van der Waals surface area contributed by atoms with Crippen molar-refractivity contribution in [2.45, 2.75) is 17.6 Å². The van der Waals surface area contributed by atoms with Crippen LogP contribution in [0.15, 0.2) is 71.6 Å². The van der Waals surface area contributed by atoms with Crippen LogP contribution in [0.2, 0.25) is 15.1 Å². The number of carbonyl (C=O) groups is 1. The Morgan fingerprint density at radius 3 is 2.26 bits per heavy atom. The molecule has 10 heteroatoms. The minimum atomic E-state index is -3.98. The van der Waals surface area contributed by atoms with Crippen LogP contribution in [0, 0.1) is 6.92 Å². The van der Waals surface area contributed by atoms with Gasteiger partial charge in [0, 0.05) is 33.1 Å². The first-order valence-electron chi connectivity index (χ1n) is 10.3. The molecule has 0 fully saturated rings. The van der Waals surface area contributed by atoms with Crippen molar-refractivity contribution in [2.75, 3.05) is 23.1 Å². The van der Waals surface area contributed by atoms with Crippen LogP contribution in [0.5, 0.6) is 0 Å². The number of nitrogens with zero attached hydrogens (tertiary/aromatic N) is 1. The Kier molecular flexibility index (Phi) is 9.56. The highest BCUT2D eigenvalue weighted by Crippen LogP contribution is 2.29. The van der Waals surface area contributed by atoms with Crippen molar-refractivity contribution < 1.29 is 13.2 Å². The van der Waals surface area contributed by atoms with E-state index in [4.69, 9.17) is 34.8 Å². The maximum absolute atomic E-state index is 13.3. The van der Waals surface area contributed by atoms with Crippen molar-refractivity contribution in [1.82, 2.24) is 5.32 Å². The Hall–Kier alpha value is -1.90. The monoisotopic (exact) mass is 556 g/mol. The summed E-state index contributed by atoms with van der Waals surface area (Å²) in [7, 11) is -3.98. The average Bonchev–Trinajstić information content (AvgIpc) is 2.81. The van der Waals surface area contributed by atoms with Gasteiger partial charge in [-0.25, -0.2) is 8.42 Å². The van der Waals surface area contributed by atoms with E-state index in [9.17, 15) is 13.2 Å². The van der Waals surface area contributed by atoms with Crippen LogP contribution in [0.1, 0.15) is 11.1 Å². The van der Waals surface area contributed by atoms with Crippen molar-refractivity contribution in [3.63, 3.8) is 0 Å². The van der Waals surface area contributed by atoms with E-state index in [0.29, 0.717) is 38.8 Å². The molecule has 0 spiro atoms. The number of sulfonamides is 1. The lowest BCUT2D eigenvalue weighted by Crippen LogP contribution is -2.41. The first-order valence-corrected chi connectivity index (χ1v) is 14.0. The number of amides is 1. The summed E-state index contributed by atoms with van der Waals surface area (Å²) in [5.74, 6) is 0.785. The van der Waals surface area contributed by atoms with Gasteiger partial charge in [0.25, 0.3) is 10.0 Å². The van der Waals surface area contributed by atoms with Gasteiger partial charge in [-0.3, -0.25) is 9.10 Å². The minimum Gasteiger partial charge on any atom is -0.354 e. The van der Waals surface area contributed by atoms with Crippen molar-refractivity contribution in [3.8, 4) is 0 Å². The zero-order valence-corrected chi connectivity index (χ0v) is 22.2. The fraction of sp³-hybridized carbons (Fsp3) is 0.208. The van der Waals surface area contributed by atoms with Gasteiger partial charge in [-0.2, -0.15) is 11.8 Å². The van der Waals surface area contributed by atoms with Crippen LogP contribution >= 0.6 is 46.6 Å². The van der Waals surface area contributed by atoms with Gasteiger partial charge in [0.15, 0.2) is 0 Å². The summed E-state index contributed by atoms with van der Waals surface area (Å²) >= 11 is 20.2. The molecule has 0 heterocycles. The molecule has 34 heavy (non-hydrogen) atoms. The number of anilines is 1. The summed E-state index contributed by atoms with van der Waals surface area (Å²) in [6, 6.07) is 18.2. The van der Waals surface area contributed by atoms with Gasteiger partial charge in [0.1, 0.15) is 6.54 Å². The highest BCUT2D eigenvalue weighted by atomic mass is 35.5. The lowest BCUT2D eigenvalue weighted by molar-refractivity contribution is -0.119. The van der Waals surface area contributed by atoms with Gasteiger partial charge in [0.05, 0.1) is 10.6 Å². The molecular weight excluding hydrogens is 535 g/mol. The fourth-order valence-corrected chi connectivity index (χ4v) is 6.27. The van der Waals surface area contributed by atoms with Gasteiger partial charge < -0.3 is 5.32 Å². The highest BCUT2D eigenvalue weighted by molar-refractivity contribution is 7.98. The first kappa shape index (κ1) is 26.7. The number of hydrogen-bond donors (Lipinski definition) is 1. The molecule has 0 aliphatic rings. The first-order chi connectivity index (χ1) is 16.2. The second kappa shape index (κ2) is 12.2. The van der Waals surface area contributed by atoms with Crippen molar-refractivity contribution >= 4 is 68.2 Å². The normalized spacial score (nSPS) is 11.3. The molecule has 0 aliphatic heterocycles. The number of thioether (sulfide) groups is 1. The van der Waals surface area contributed by atoms with Crippen LogP contribution in [0.4, 0.5) is 5.69 Å². The maximum Gasteiger partial charge on any atom is 0.264 e. The summed E-state index contributed by atoms with van der Waals surface area (Å²) in [6.07, 6.45) is 0. The zero-order valence-electron chi connectivity index (χ0n) is 18.3. The number of carbonyl (C=O) groups excluding carboxylic acids is 1. The van der Waals surface area contributed by atoms with Gasteiger partial charge in [0.2, 0.25) is 5.91 Å². The number of benzene rings is 3. The second-order valence-electron chi connectivity index (χ2n) is 7.36.